The zero-order valence-corrected chi connectivity index (χ0v) is 16.9. The highest BCUT2D eigenvalue weighted by atomic mass is 79.9. The number of thiophene rings is 1. The average Bonchev–Trinajstić information content (AvgIpc) is 2.73. The fourth-order valence-corrected chi connectivity index (χ4v) is 4.76. The molecule has 1 nitrogen and oxygen atoms in total. The molecule has 0 saturated carbocycles. The molecule has 1 aromatic heterocycles. The van der Waals surface area contributed by atoms with Crippen LogP contribution in [0.1, 0.15) is 35.4 Å². The van der Waals surface area contributed by atoms with E-state index in [1.165, 1.54) is 19.8 Å². The summed E-state index contributed by atoms with van der Waals surface area (Å²) in [5.41, 5.74) is 2.61. The van der Waals surface area contributed by atoms with Gasteiger partial charge in [-0.05, 0) is 71.2 Å². The molecular formula is C15H16Br3NS. The Labute approximate surface area is 149 Å². The Morgan fingerprint density at radius 1 is 1.15 bits per heavy atom. The van der Waals surface area contributed by atoms with Gasteiger partial charge >= 0.3 is 0 Å². The van der Waals surface area contributed by atoms with E-state index < -0.39 is 0 Å². The van der Waals surface area contributed by atoms with Crippen LogP contribution in [-0.4, -0.2) is 6.54 Å². The normalized spacial score (nSPS) is 12.7. The van der Waals surface area contributed by atoms with Crippen LogP contribution in [0.15, 0.2) is 37.0 Å². The van der Waals surface area contributed by atoms with Crippen molar-refractivity contribution in [2.45, 2.75) is 26.3 Å². The maximum atomic E-state index is 3.68. The lowest BCUT2D eigenvalue weighted by Crippen LogP contribution is -2.23. The van der Waals surface area contributed by atoms with Gasteiger partial charge in [-0.25, -0.2) is 0 Å². The number of rotatable bonds is 5. The van der Waals surface area contributed by atoms with Crippen LogP contribution in [0.25, 0.3) is 0 Å². The second kappa shape index (κ2) is 7.54. The minimum atomic E-state index is 0.212. The van der Waals surface area contributed by atoms with Crippen molar-refractivity contribution in [3.63, 3.8) is 0 Å². The van der Waals surface area contributed by atoms with Crippen LogP contribution >= 0.6 is 59.1 Å². The van der Waals surface area contributed by atoms with Crippen molar-refractivity contribution in [1.82, 2.24) is 5.32 Å². The minimum absolute atomic E-state index is 0.212. The van der Waals surface area contributed by atoms with E-state index in [-0.39, 0.29) is 6.04 Å². The van der Waals surface area contributed by atoms with Gasteiger partial charge in [0.05, 0.1) is 9.83 Å². The first-order valence-electron chi connectivity index (χ1n) is 6.47. The average molecular weight is 482 g/mol. The van der Waals surface area contributed by atoms with Crippen molar-refractivity contribution in [2.24, 2.45) is 0 Å². The first-order chi connectivity index (χ1) is 9.52. The lowest BCUT2D eigenvalue weighted by molar-refractivity contribution is 0.596. The molecule has 1 atom stereocenters. The molecule has 1 N–H and O–H groups in total. The van der Waals surface area contributed by atoms with Gasteiger partial charge in [0.2, 0.25) is 0 Å². The van der Waals surface area contributed by atoms with Gasteiger partial charge in [0, 0.05) is 13.8 Å². The van der Waals surface area contributed by atoms with Crippen molar-refractivity contribution in [3.05, 3.63) is 53.0 Å². The Morgan fingerprint density at radius 3 is 2.50 bits per heavy atom. The molecule has 0 fully saturated rings. The molecule has 5 heteroatoms. The number of hydrogen-bond donors (Lipinski definition) is 1. The summed E-state index contributed by atoms with van der Waals surface area (Å²) in [6.45, 7) is 5.37. The van der Waals surface area contributed by atoms with Gasteiger partial charge in [0.1, 0.15) is 0 Å². The zero-order valence-electron chi connectivity index (χ0n) is 11.3. The number of hydrogen-bond acceptors (Lipinski definition) is 2. The Bertz CT molecular complexity index is 595. The second-order valence-corrected chi connectivity index (χ2v) is 9.02. The van der Waals surface area contributed by atoms with E-state index in [0.29, 0.717) is 0 Å². The molecule has 0 aliphatic carbocycles. The van der Waals surface area contributed by atoms with E-state index in [1.807, 2.05) is 0 Å². The van der Waals surface area contributed by atoms with Crippen molar-refractivity contribution < 1.29 is 0 Å². The summed E-state index contributed by atoms with van der Waals surface area (Å²) in [7, 11) is 0. The third-order valence-corrected chi connectivity index (χ3v) is 5.89. The van der Waals surface area contributed by atoms with Crippen LogP contribution in [0.4, 0.5) is 0 Å². The van der Waals surface area contributed by atoms with Gasteiger partial charge in [0.25, 0.3) is 0 Å². The second-order valence-electron chi connectivity index (χ2n) is 4.62. The lowest BCUT2D eigenvalue weighted by Gasteiger charge is -2.21. The molecule has 0 bridgehead atoms. The van der Waals surface area contributed by atoms with Gasteiger partial charge in [0.15, 0.2) is 0 Å². The third-order valence-electron chi connectivity index (χ3n) is 3.10. The van der Waals surface area contributed by atoms with E-state index in [4.69, 9.17) is 0 Å². The van der Waals surface area contributed by atoms with Gasteiger partial charge in [-0.3, -0.25) is 0 Å². The number of nitrogens with one attached hydrogen (secondary N) is 1. The zero-order chi connectivity index (χ0) is 14.7. The summed E-state index contributed by atoms with van der Waals surface area (Å²) < 4.78 is 3.42. The summed E-state index contributed by atoms with van der Waals surface area (Å²) in [5, 5.41) is 3.66. The molecule has 0 spiro atoms. The van der Waals surface area contributed by atoms with E-state index in [1.54, 1.807) is 11.3 Å². The molecule has 2 rings (SSSR count). The van der Waals surface area contributed by atoms with Gasteiger partial charge in [-0.2, -0.15) is 0 Å². The largest absolute Gasteiger partial charge is 0.306 e. The van der Waals surface area contributed by atoms with Crippen molar-refractivity contribution >= 4 is 59.1 Å². The maximum absolute atomic E-state index is 3.68. The highest BCUT2D eigenvalue weighted by Crippen LogP contribution is 2.37. The molecule has 0 aliphatic heterocycles. The molecule has 2 aromatic rings. The van der Waals surface area contributed by atoms with Gasteiger partial charge in [-0.15, -0.1) is 11.3 Å². The minimum Gasteiger partial charge on any atom is -0.306 e. The molecule has 0 amide bonds. The van der Waals surface area contributed by atoms with Gasteiger partial charge < -0.3 is 5.32 Å². The summed E-state index contributed by atoms with van der Waals surface area (Å²) >= 11 is 12.6. The molecule has 1 unspecified atom stereocenters. The van der Waals surface area contributed by atoms with Crippen molar-refractivity contribution in [1.29, 1.82) is 0 Å². The molecule has 108 valence electrons. The molecule has 0 aliphatic rings. The smallest absolute Gasteiger partial charge is 0.0704 e. The highest BCUT2D eigenvalue weighted by molar-refractivity contribution is 9.11. The van der Waals surface area contributed by atoms with Crippen molar-refractivity contribution in [2.75, 3.05) is 6.54 Å². The summed E-state index contributed by atoms with van der Waals surface area (Å²) in [6.07, 6.45) is 1.12. The van der Waals surface area contributed by atoms with Crippen LogP contribution in [0.3, 0.4) is 0 Å². The van der Waals surface area contributed by atoms with Crippen LogP contribution in [0, 0.1) is 6.92 Å². The van der Waals surface area contributed by atoms with Crippen molar-refractivity contribution in [3.8, 4) is 0 Å². The fourth-order valence-electron chi connectivity index (χ4n) is 2.16. The third kappa shape index (κ3) is 3.95. The quantitative estimate of drug-likeness (QED) is 0.518. The van der Waals surface area contributed by atoms with E-state index in [9.17, 15) is 0 Å². The monoisotopic (exact) mass is 479 g/mol. The number of aryl methyl sites for hydroxylation is 1. The Balaban J connectivity index is 2.46. The predicted molar refractivity (Wildman–Crippen MR) is 98.7 cm³/mol. The van der Waals surface area contributed by atoms with Crippen LogP contribution in [-0.2, 0) is 0 Å². The number of halogens is 3. The summed E-state index contributed by atoms with van der Waals surface area (Å²) in [4.78, 5) is 1.34. The first kappa shape index (κ1) is 16.7. The molecular weight excluding hydrogens is 466 g/mol. The topological polar surface area (TPSA) is 12.0 Å². The molecule has 1 aromatic carbocycles. The van der Waals surface area contributed by atoms with E-state index in [0.717, 1.165) is 21.9 Å². The van der Waals surface area contributed by atoms with E-state index in [2.05, 4.69) is 91.2 Å². The molecule has 20 heavy (non-hydrogen) atoms. The number of benzene rings is 1. The van der Waals surface area contributed by atoms with Crippen LogP contribution in [0.2, 0.25) is 0 Å². The molecule has 0 saturated heterocycles. The molecule has 0 radical (unpaired) electrons. The van der Waals surface area contributed by atoms with Crippen LogP contribution < -0.4 is 5.32 Å². The Hall–Kier alpha value is 0.320. The SMILES string of the molecule is CCCNC(c1cc(Br)ccc1Br)c1cc(Br)sc1C. The standard InChI is InChI=1S/C15H16Br3NS/c1-3-6-19-15(11-8-14(18)20-9(11)2)12-7-10(16)4-5-13(12)17/h4-5,7-8,15,19H,3,6H2,1-2H3. The lowest BCUT2D eigenvalue weighted by atomic mass is 9.99. The summed E-state index contributed by atoms with van der Waals surface area (Å²) in [5.74, 6) is 0. The predicted octanol–water partition coefficient (Wildman–Crippen LogP) is 6.43. The Morgan fingerprint density at radius 2 is 1.90 bits per heavy atom. The highest BCUT2D eigenvalue weighted by Gasteiger charge is 2.20. The fraction of sp³-hybridized carbons (Fsp3) is 0.333. The van der Waals surface area contributed by atoms with Crippen LogP contribution in [0.5, 0.6) is 0 Å². The Kier molecular flexibility index (Phi) is 6.29. The first-order valence-corrected chi connectivity index (χ1v) is 9.66. The van der Waals surface area contributed by atoms with E-state index >= 15 is 0 Å². The summed E-state index contributed by atoms with van der Waals surface area (Å²) in [6, 6.07) is 8.77. The molecule has 1 heterocycles. The maximum Gasteiger partial charge on any atom is 0.0704 e. The van der Waals surface area contributed by atoms with Gasteiger partial charge in [-0.1, -0.05) is 38.8 Å².